The van der Waals surface area contributed by atoms with Crippen molar-refractivity contribution in [2.24, 2.45) is 5.73 Å². The van der Waals surface area contributed by atoms with E-state index in [2.05, 4.69) is 0 Å². The molecule has 0 radical (unpaired) electrons. The quantitative estimate of drug-likeness (QED) is 0.770. The summed E-state index contributed by atoms with van der Waals surface area (Å²) in [5, 5.41) is 9.49. The van der Waals surface area contributed by atoms with Gasteiger partial charge in [0, 0.05) is 16.1 Å². The highest BCUT2D eigenvalue weighted by molar-refractivity contribution is 6.35. The van der Waals surface area contributed by atoms with E-state index in [1.54, 1.807) is 12.1 Å². The van der Waals surface area contributed by atoms with E-state index in [4.69, 9.17) is 34.0 Å². The van der Waals surface area contributed by atoms with E-state index in [1.807, 2.05) is 0 Å². The van der Waals surface area contributed by atoms with E-state index >= 15 is 0 Å². The fourth-order valence-electron chi connectivity index (χ4n) is 1.47. The molecule has 0 heterocycles. The Kier molecular flexibility index (Phi) is 6.20. The SMILES string of the molecule is NC(=O)CN(CC(=O)O)C(=O)/C=C/c1ccc(Cl)cc1Cl. The summed E-state index contributed by atoms with van der Waals surface area (Å²) in [4.78, 5) is 34.2. The Hall–Kier alpha value is -2.05. The average Bonchev–Trinajstić information content (AvgIpc) is 2.35. The number of hydrogen-bond acceptors (Lipinski definition) is 3. The van der Waals surface area contributed by atoms with Crippen molar-refractivity contribution >= 4 is 47.1 Å². The molecule has 0 unspecified atom stereocenters. The van der Waals surface area contributed by atoms with Crippen molar-refractivity contribution in [1.29, 1.82) is 0 Å². The van der Waals surface area contributed by atoms with Gasteiger partial charge >= 0.3 is 5.97 Å². The van der Waals surface area contributed by atoms with Crippen LogP contribution in [0.2, 0.25) is 10.0 Å². The van der Waals surface area contributed by atoms with Gasteiger partial charge in [0.05, 0.1) is 0 Å². The van der Waals surface area contributed by atoms with Gasteiger partial charge in [0.1, 0.15) is 13.1 Å². The van der Waals surface area contributed by atoms with Gasteiger partial charge in [-0.25, -0.2) is 0 Å². The van der Waals surface area contributed by atoms with Crippen LogP contribution in [0.15, 0.2) is 24.3 Å². The van der Waals surface area contributed by atoms with E-state index in [0.717, 1.165) is 11.0 Å². The molecule has 1 aromatic carbocycles. The van der Waals surface area contributed by atoms with Gasteiger partial charge in [-0.2, -0.15) is 0 Å². The highest BCUT2D eigenvalue weighted by Crippen LogP contribution is 2.22. The van der Waals surface area contributed by atoms with Gasteiger partial charge in [-0.05, 0) is 23.8 Å². The van der Waals surface area contributed by atoms with Crippen molar-refractivity contribution in [2.45, 2.75) is 0 Å². The fourth-order valence-corrected chi connectivity index (χ4v) is 1.94. The van der Waals surface area contributed by atoms with Crippen molar-refractivity contribution in [2.75, 3.05) is 13.1 Å². The van der Waals surface area contributed by atoms with Crippen molar-refractivity contribution in [3.8, 4) is 0 Å². The molecule has 0 saturated heterocycles. The molecule has 3 N–H and O–H groups in total. The Morgan fingerprint density at radius 1 is 1.24 bits per heavy atom. The van der Waals surface area contributed by atoms with Gasteiger partial charge < -0.3 is 15.7 Å². The number of nitrogens with zero attached hydrogens (tertiary/aromatic N) is 1. The van der Waals surface area contributed by atoms with Crippen LogP contribution in [0.25, 0.3) is 6.08 Å². The number of primary amides is 1. The topological polar surface area (TPSA) is 101 Å². The zero-order chi connectivity index (χ0) is 16.0. The monoisotopic (exact) mass is 330 g/mol. The molecule has 0 aliphatic heterocycles. The second-order valence-electron chi connectivity index (χ2n) is 4.05. The minimum absolute atomic E-state index is 0.339. The van der Waals surface area contributed by atoms with Crippen LogP contribution >= 0.6 is 23.2 Å². The molecule has 0 saturated carbocycles. The van der Waals surface area contributed by atoms with Gasteiger partial charge in [0.15, 0.2) is 0 Å². The molecule has 0 aliphatic rings. The fraction of sp³-hybridized carbons (Fsp3) is 0.154. The highest BCUT2D eigenvalue weighted by Gasteiger charge is 2.16. The normalized spacial score (nSPS) is 10.6. The Bertz CT molecular complexity index is 586. The maximum Gasteiger partial charge on any atom is 0.323 e. The van der Waals surface area contributed by atoms with Crippen LogP contribution < -0.4 is 5.73 Å². The zero-order valence-corrected chi connectivity index (χ0v) is 12.3. The zero-order valence-electron chi connectivity index (χ0n) is 10.8. The minimum Gasteiger partial charge on any atom is -0.480 e. The smallest absolute Gasteiger partial charge is 0.323 e. The molecule has 1 aromatic rings. The van der Waals surface area contributed by atoms with Gasteiger partial charge in [-0.3, -0.25) is 14.4 Å². The largest absolute Gasteiger partial charge is 0.480 e. The molecular weight excluding hydrogens is 319 g/mol. The molecule has 2 amide bonds. The Morgan fingerprint density at radius 3 is 2.43 bits per heavy atom. The van der Waals surface area contributed by atoms with Gasteiger partial charge in [-0.1, -0.05) is 29.3 Å². The number of nitrogens with two attached hydrogens (primary N) is 1. The van der Waals surface area contributed by atoms with Crippen LogP contribution in [0.5, 0.6) is 0 Å². The predicted molar refractivity (Wildman–Crippen MR) is 78.9 cm³/mol. The number of carboxylic acids is 1. The number of carbonyl (C=O) groups is 3. The summed E-state index contributed by atoms with van der Waals surface area (Å²) in [7, 11) is 0. The molecule has 112 valence electrons. The molecule has 0 bridgehead atoms. The molecule has 0 atom stereocenters. The van der Waals surface area contributed by atoms with Crippen molar-refractivity contribution in [3.05, 3.63) is 39.9 Å². The molecule has 0 fully saturated rings. The Balaban J connectivity index is 2.86. The number of carbonyl (C=O) groups excluding carboxylic acids is 2. The van der Waals surface area contributed by atoms with Crippen LogP contribution in [0.3, 0.4) is 0 Å². The summed E-state index contributed by atoms with van der Waals surface area (Å²) in [5.41, 5.74) is 5.50. The van der Waals surface area contributed by atoms with E-state index in [-0.39, 0.29) is 0 Å². The van der Waals surface area contributed by atoms with Crippen LogP contribution in [0, 0.1) is 0 Å². The second kappa shape index (κ2) is 7.66. The lowest BCUT2D eigenvalue weighted by Crippen LogP contribution is -2.40. The first-order valence-corrected chi connectivity index (χ1v) is 6.47. The third kappa shape index (κ3) is 5.85. The molecule has 0 aliphatic carbocycles. The van der Waals surface area contributed by atoms with E-state index in [1.165, 1.54) is 12.1 Å². The van der Waals surface area contributed by atoms with Crippen LogP contribution in [-0.2, 0) is 14.4 Å². The summed E-state index contributed by atoms with van der Waals surface area (Å²) >= 11 is 11.7. The Morgan fingerprint density at radius 2 is 1.90 bits per heavy atom. The van der Waals surface area contributed by atoms with Gasteiger partial charge in [0.25, 0.3) is 0 Å². The van der Waals surface area contributed by atoms with Crippen LogP contribution in [0.4, 0.5) is 0 Å². The molecule has 21 heavy (non-hydrogen) atoms. The first-order chi connectivity index (χ1) is 9.79. The van der Waals surface area contributed by atoms with Crippen molar-refractivity contribution in [3.63, 3.8) is 0 Å². The summed E-state index contributed by atoms with van der Waals surface area (Å²) in [6.07, 6.45) is 2.51. The third-order valence-corrected chi connectivity index (χ3v) is 2.91. The Labute approximate surface area is 130 Å². The average molecular weight is 331 g/mol. The molecule has 1 rings (SSSR count). The molecule has 8 heteroatoms. The number of halogens is 2. The highest BCUT2D eigenvalue weighted by atomic mass is 35.5. The van der Waals surface area contributed by atoms with Gasteiger partial charge in [0.2, 0.25) is 11.8 Å². The first-order valence-electron chi connectivity index (χ1n) is 5.71. The lowest BCUT2D eigenvalue weighted by molar-refractivity contribution is -0.143. The van der Waals surface area contributed by atoms with Crippen LogP contribution in [-0.4, -0.2) is 40.9 Å². The lowest BCUT2D eigenvalue weighted by atomic mass is 10.2. The van der Waals surface area contributed by atoms with E-state index in [9.17, 15) is 14.4 Å². The van der Waals surface area contributed by atoms with Crippen LogP contribution in [0.1, 0.15) is 5.56 Å². The van der Waals surface area contributed by atoms with Crippen molar-refractivity contribution in [1.82, 2.24) is 4.90 Å². The summed E-state index contributed by atoms with van der Waals surface area (Å²) in [6.45, 7) is -1.11. The van der Waals surface area contributed by atoms with Gasteiger partial charge in [-0.15, -0.1) is 0 Å². The number of rotatable bonds is 6. The number of carboxylic acid groups (broad SMARTS) is 1. The molecule has 0 spiro atoms. The number of amides is 2. The van der Waals surface area contributed by atoms with E-state index < -0.39 is 30.9 Å². The lowest BCUT2D eigenvalue weighted by Gasteiger charge is -2.16. The maximum absolute atomic E-state index is 11.9. The molecule has 0 aromatic heterocycles. The number of hydrogen-bond donors (Lipinski definition) is 2. The number of aliphatic carboxylic acids is 1. The standard InChI is InChI=1S/C13H12Cl2N2O4/c14-9-3-1-8(10(15)5-9)2-4-12(19)17(6-11(16)18)7-13(20)21/h1-5H,6-7H2,(H2,16,18)(H,20,21)/b4-2+. The summed E-state index contributed by atoms with van der Waals surface area (Å²) in [5.74, 6) is -2.72. The maximum atomic E-state index is 11.9. The third-order valence-electron chi connectivity index (χ3n) is 2.35. The minimum atomic E-state index is -1.25. The number of benzene rings is 1. The first kappa shape index (κ1) is 17.0. The second-order valence-corrected chi connectivity index (χ2v) is 4.90. The van der Waals surface area contributed by atoms with Crippen molar-refractivity contribution < 1.29 is 19.5 Å². The molecular formula is C13H12Cl2N2O4. The summed E-state index contributed by atoms with van der Waals surface area (Å²) in [6, 6.07) is 4.70. The summed E-state index contributed by atoms with van der Waals surface area (Å²) < 4.78 is 0. The predicted octanol–water partition coefficient (Wildman–Crippen LogP) is 1.41. The van der Waals surface area contributed by atoms with E-state index in [0.29, 0.717) is 15.6 Å². The molecule has 6 nitrogen and oxygen atoms in total.